The fourth-order valence-electron chi connectivity index (χ4n) is 5.50. The lowest BCUT2D eigenvalue weighted by molar-refractivity contribution is -0.0603. The van der Waals surface area contributed by atoms with Crippen molar-refractivity contribution < 1.29 is 0 Å². The van der Waals surface area contributed by atoms with Gasteiger partial charge < -0.3 is 5.32 Å². The zero-order chi connectivity index (χ0) is 13.7. The highest BCUT2D eigenvalue weighted by Crippen LogP contribution is 2.61. The van der Waals surface area contributed by atoms with Gasteiger partial charge in [-0.15, -0.1) is 0 Å². The summed E-state index contributed by atoms with van der Waals surface area (Å²) in [5.74, 6) is 3.96. The fraction of sp³-hybridized carbons (Fsp3) is 0.750. The van der Waals surface area contributed by atoms with Crippen molar-refractivity contribution >= 4 is 21.7 Å². The van der Waals surface area contributed by atoms with Crippen LogP contribution in [-0.4, -0.2) is 16.0 Å². The largest absolute Gasteiger partial charge is 0.367 e. The van der Waals surface area contributed by atoms with E-state index in [9.17, 15) is 0 Å². The molecule has 0 spiro atoms. The van der Waals surface area contributed by atoms with Gasteiger partial charge in [-0.05, 0) is 84.5 Å². The van der Waals surface area contributed by atoms with E-state index in [2.05, 4.69) is 38.1 Å². The van der Waals surface area contributed by atoms with Gasteiger partial charge in [0.05, 0.1) is 0 Å². The number of nitrogens with zero attached hydrogens (tertiary/aromatic N) is 2. The van der Waals surface area contributed by atoms with E-state index in [-0.39, 0.29) is 0 Å². The molecule has 1 heterocycles. The molecule has 4 heteroatoms. The summed E-state index contributed by atoms with van der Waals surface area (Å²) in [5, 5.41) is 3.66. The zero-order valence-electron chi connectivity index (χ0n) is 12.0. The predicted molar refractivity (Wildman–Crippen MR) is 83.4 cm³/mol. The van der Waals surface area contributed by atoms with Gasteiger partial charge in [-0.25, -0.2) is 9.97 Å². The van der Waals surface area contributed by atoms with Crippen LogP contribution in [0, 0.1) is 23.2 Å². The Bertz CT molecular complexity index is 481. The molecule has 3 nitrogen and oxygen atoms in total. The molecule has 4 fully saturated rings. The van der Waals surface area contributed by atoms with Crippen LogP contribution in [0.1, 0.15) is 45.4 Å². The maximum atomic E-state index is 4.35. The molecule has 1 atom stereocenters. The molecule has 1 N–H and O–H groups in total. The second-order valence-corrected chi connectivity index (χ2v) is 8.18. The van der Waals surface area contributed by atoms with Crippen LogP contribution in [0.2, 0.25) is 0 Å². The van der Waals surface area contributed by atoms with E-state index in [0.717, 1.165) is 28.2 Å². The standard InChI is InChI=1S/C16H22BrN3/c1-10(20-15-5-14(17)18-9-19-15)16-6-11-2-12(7-16)4-13(3-11)8-16/h5,9-13H,2-4,6-8H2,1H3,(H,18,19,20). The van der Waals surface area contributed by atoms with Crippen molar-refractivity contribution in [3.05, 3.63) is 17.0 Å². The van der Waals surface area contributed by atoms with Crippen LogP contribution >= 0.6 is 15.9 Å². The Morgan fingerprint density at radius 3 is 2.30 bits per heavy atom. The molecule has 20 heavy (non-hydrogen) atoms. The Hall–Kier alpha value is -0.640. The molecule has 0 saturated heterocycles. The highest BCUT2D eigenvalue weighted by atomic mass is 79.9. The van der Waals surface area contributed by atoms with Gasteiger partial charge in [-0.2, -0.15) is 0 Å². The molecule has 4 aliphatic rings. The van der Waals surface area contributed by atoms with E-state index in [0.29, 0.717) is 11.5 Å². The molecule has 0 aliphatic heterocycles. The molecular weight excluding hydrogens is 314 g/mol. The van der Waals surface area contributed by atoms with E-state index < -0.39 is 0 Å². The quantitative estimate of drug-likeness (QED) is 0.839. The second kappa shape index (κ2) is 4.69. The van der Waals surface area contributed by atoms with Crippen LogP contribution in [0.15, 0.2) is 17.0 Å². The monoisotopic (exact) mass is 335 g/mol. The minimum atomic E-state index is 0.512. The van der Waals surface area contributed by atoms with Crippen molar-refractivity contribution in [1.29, 1.82) is 0 Å². The Kier molecular flexibility index (Phi) is 3.06. The fourth-order valence-corrected chi connectivity index (χ4v) is 5.80. The SMILES string of the molecule is CC(Nc1cc(Br)ncn1)C12CC3CC(CC(C3)C1)C2. The number of aromatic nitrogens is 2. The molecule has 0 amide bonds. The summed E-state index contributed by atoms with van der Waals surface area (Å²) < 4.78 is 0.854. The van der Waals surface area contributed by atoms with E-state index in [1.165, 1.54) is 38.5 Å². The maximum absolute atomic E-state index is 4.35. The molecular formula is C16H22BrN3. The van der Waals surface area contributed by atoms with Gasteiger partial charge in [0, 0.05) is 12.1 Å². The third-order valence-corrected chi connectivity index (χ3v) is 6.44. The van der Waals surface area contributed by atoms with Crippen molar-refractivity contribution in [1.82, 2.24) is 9.97 Å². The number of halogens is 1. The minimum Gasteiger partial charge on any atom is -0.367 e. The van der Waals surface area contributed by atoms with E-state index in [1.54, 1.807) is 6.33 Å². The summed E-state index contributed by atoms with van der Waals surface area (Å²) in [6, 6.07) is 2.49. The highest BCUT2D eigenvalue weighted by molar-refractivity contribution is 9.10. The smallest absolute Gasteiger partial charge is 0.130 e. The maximum Gasteiger partial charge on any atom is 0.130 e. The third kappa shape index (κ3) is 2.16. The van der Waals surface area contributed by atoms with Gasteiger partial charge in [0.1, 0.15) is 16.7 Å². The zero-order valence-corrected chi connectivity index (χ0v) is 13.6. The molecule has 4 bridgehead atoms. The first-order chi connectivity index (χ1) is 9.63. The van der Waals surface area contributed by atoms with Crippen molar-refractivity contribution in [2.45, 2.75) is 51.5 Å². The Balaban J connectivity index is 1.54. The first-order valence-corrected chi connectivity index (χ1v) is 8.66. The average Bonchev–Trinajstić information content (AvgIpc) is 2.37. The number of hydrogen-bond acceptors (Lipinski definition) is 3. The van der Waals surface area contributed by atoms with Gasteiger partial charge >= 0.3 is 0 Å². The molecule has 1 aromatic rings. The molecule has 1 unspecified atom stereocenters. The Labute approximate surface area is 129 Å². The van der Waals surface area contributed by atoms with Gasteiger partial charge in [0.15, 0.2) is 0 Å². The summed E-state index contributed by atoms with van der Waals surface area (Å²) >= 11 is 3.42. The molecule has 1 aromatic heterocycles. The second-order valence-electron chi connectivity index (χ2n) is 7.37. The number of anilines is 1. The first kappa shape index (κ1) is 13.1. The van der Waals surface area contributed by atoms with Gasteiger partial charge in [-0.3, -0.25) is 0 Å². The predicted octanol–water partition coefficient (Wildman–Crippen LogP) is 4.26. The summed E-state index contributed by atoms with van der Waals surface area (Å²) in [6.45, 7) is 2.36. The molecule has 4 aliphatic carbocycles. The van der Waals surface area contributed by atoms with Gasteiger partial charge in [0.25, 0.3) is 0 Å². The van der Waals surface area contributed by atoms with Gasteiger partial charge in [0.2, 0.25) is 0 Å². The number of rotatable bonds is 3. The van der Waals surface area contributed by atoms with Crippen LogP contribution in [0.25, 0.3) is 0 Å². The average molecular weight is 336 g/mol. The highest BCUT2D eigenvalue weighted by Gasteiger charge is 2.53. The molecule has 0 radical (unpaired) electrons. The summed E-state index contributed by atoms with van der Waals surface area (Å²) in [6.07, 6.45) is 10.4. The van der Waals surface area contributed by atoms with Crippen molar-refractivity contribution in [3.63, 3.8) is 0 Å². The van der Waals surface area contributed by atoms with Crippen molar-refractivity contribution in [2.75, 3.05) is 5.32 Å². The normalized spacial score (nSPS) is 39.8. The van der Waals surface area contributed by atoms with Crippen molar-refractivity contribution in [3.8, 4) is 0 Å². The van der Waals surface area contributed by atoms with E-state index in [1.807, 2.05) is 6.07 Å². The van der Waals surface area contributed by atoms with E-state index in [4.69, 9.17) is 0 Å². The third-order valence-electron chi connectivity index (χ3n) is 6.00. The van der Waals surface area contributed by atoms with Crippen LogP contribution in [-0.2, 0) is 0 Å². The molecule has 4 saturated carbocycles. The van der Waals surface area contributed by atoms with Gasteiger partial charge in [-0.1, -0.05) is 0 Å². The number of hydrogen-bond donors (Lipinski definition) is 1. The molecule has 5 rings (SSSR count). The summed E-state index contributed by atoms with van der Waals surface area (Å²) in [5.41, 5.74) is 0.520. The molecule has 0 aromatic carbocycles. The lowest BCUT2D eigenvalue weighted by Gasteiger charge is -2.59. The molecule has 108 valence electrons. The first-order valence-electron chi connectivity index (χ1n) is 7.87. The Morgan fingerprint density at radius 1 is 1.15 bits per heavy atom. The Morgan fingerprint density at radius 2 is 1.75 bits per heavy atom. The number of nitrogens with one attached hydrogen (secondary N) is 1. The van der Waals surface area contributed by atoms with Crippen molar-refractivity contribution in [2.24, 2.45) is 23.2 Å². The minimum absolute atomic E-state index is 0.512. The summed E-state index contributed by atoms with van der Waals surface area (Å²) in [7, 11) is 0. The summed E-state index contributed by atoms with van der Waals surface area (Å²) in [4.78, 5) is 8.46. The lowest BCUT2D eigenvalue weighted by atomic mass is 9.48. The topological polar surface area (TPSA) is 37.8 Å². The van der Waals surface area contributed by atoms with Crippen LogP contribution < -0.4 is 5.32 Å². The van der Waals surface area contributed by atoms with E-state index >= 15 is 0 Å². The van der Waals surface area contributed by atoms with Crippen LogP contribution in [0.4, 0.5) is 5.82 Å². The van der Waals surface area contributed by atoms with Crippen LogP contribution in [0.3, 0.4) is 0 Å². The van der Waals surface area contributed by atoms with Crippen LogP contribution in [0.5, 0.6) is 0 Å². The lowest BCUT2D eigenvalue weighted by Crippen LogP contribution is -2.53.